The van der Waals surface area contributed by atoms with Gasteiger partial charge in [-0.2, -0.15) is 0 Å². The quantitative estimate of drug-likeness (QED) is 0.669. The molecule has 0 saturated heterocycles. The summed E-state index contributed by atoms with van der Waals surface area (Å²) in [6.45, 7) is 4.09. The Morgan fingerprint density at radius 2 is 1.64 bits per heavy atom. The summed E-state index contributed by atoms with van der Waals surface area (Å²) >= 11 is 1.44. The fourth-order valence-electron chi connectivity index (χ4n) is 4.50. The maximum absolute atomic E-state index is 13.2. The van der Waals surface area contributed by atoms with Crippen LogP contribution in [0.1, 0.15) is 81.7 Å². The number of aromatic nitrogens is 1. The van der Waals surface area contributed by atoms with Crippen molar-refractivity contribution in [2.24, 2.45) is 0 Å². The van der Waals surface area contributed by atoms with Crippen molar-refractivity contribution in [3.8, 4) is 0 Å². The van der Waals surface area contributed by atoms with Crippen molar-refractivity contribution < 1.29 is 14.3 Å². The Balaban J connectivity index is 1.69. The highest BCUT2D eigenvalue weighted by Crippen LogP contribution is 2.31. The van der Waals surface area contributed by atoms with Gasteiger partial charge in [-0.1, -0.05) is 38.5 Å². The largest absolute Gasteiger partial charge is 0.466 e. The maximum atomic E-state index is 13.2. The fraction of sp³-hybridized carbons (Fsp3) is 0.762. The van der Waals surface area contributed by atoms with Crippen molar-refractivity contribution >= 4 is 28.5 Å². The molecule has 2 aliphatic carbocycles. The Bertz CT molecular complexity index is 646. The molecule has 0 bridgehead atoms. The van der Waals surface area contributed by atoms with Crippen molar-refractivity contribution in [2.75, 3.05) is 11.9 Å². The number of hydrogen-bond acceptors (Lipinski definition) is 5. The third-order valence-corrected chi connectivity index (χ3v) is 6.82. The summed E-state index contributed by atoms with van der Waals surface area (Å²) in [7, 11) is 0. The van der Waals surface area contributed by atoms with Crippen LogP contribution in [0.4, 0.5) is 9.93 Å². The molecule has 0 atom stereocenters. The number of thiazole rings is 1. The molecule has 2 fully saturated rings. The topological polar surface area (TPSA) is 71.5 Å². The van der Waals surface area contributed by atoms with Gasteiger partial charge in [0.05, 0.1) is 18.7 Å². The molecule has 6 nitrogen and oxygen atoms in total. The van der Waals surface area contributed by atoms with Gasteiger partial charge in [0, 0.05) is 17.0 Å². The summed E-state index contributed by atoms with van der Waals surface area (Å²) in [5, 5.41) is 3.63. The number of carbonyl (C=O) groups is 2. The second kappa shape index (κ2) is 10.2. The van der Waals surface area contributed by atoms with Gasteiger partial charge in [-0.3, -0.25) is 10.1 Å². The minimum absolute atomic E-state index is 0.0183. The zero-order valence-corrected chi connectivity index (χ0v) is 18.0. The van der Waals surface area contributed by atoms with Crippen molar-refractivity contribution in [1.82, 2.24) is 9.88 Å². The standard InChI is InChI=1S/C21H33N3O3S/c1-3-27-19(25)14-18-15(2)28-20(22-18)23-21(26)24(16-10-6-4-7-11-16)17-12-8-5-9-13-17/h16-17H,3-14H2,1-2H3,(H,22,23,26). The van der Waals surface area contributed by atoms with E-state index in [1.165, 1.54) is 49.9 Å². The first-order valence-electron chi connectivity index (χ1n) is 10.8. The van der Waals surface area contributed by atoms with Gasteiger partial charge < -0.3 is 9.64 Å². The van der Waals surface area contributed by atoms with E-state index in [4.69, 9.17) is 4.74 Å². The number of ether oxygens (including phenoxy) is 1. The molecule has 2 aliphatic rings. The van der Waals surface area contributed by atoms with Crippen LogP contribution < -0.4 is 5.32 Å². The van der Waals surface area contributed by atoms with E-state index in [0.717, 1.165) is 30.6 Å². The molecule has 28 heavy (non-hydrogen) atoms. The van der Waals surface area contributed by atoms with Gasteiger partial charge in [-0.05, 0) is 39.5 Å². The number of urea groups is 1. The zero-order valence-electron chi connectivity index (χ0n) is 17.2. The molecular formula is C21H33N3O3S. The Labute approximate surface area is 172 Å². The van der Waals surface area contributed by atoms with Gasteiger partial charge in [-0.15, -0.1) is 11.3 Å². The zero-order chi connectivity index (χ0) is 19.9. The van der Waals surface area contributed by atoms with E-state index in [1.807, 2.05) is 6.92 Å². The monoisotopic (exact) mass is 407 g/mol. The minimum atomic E-state index is -0.278. The molecule has 2 amide bonds. The molecule has 0 unspecified atom stereocenters. The number of nitrogens with one attached hydrogen (secondary N) is 1. The lowest BCUT2D eigenvalue weighted by Gasteiger charge is -2.41. The van der Waals surface area contributed by atoms with Crippen LogP contribution in [0.5, 0.6) is 0 Å². The Hall–Kier alpha value is -1.63. The number of amides is 2. The van der Waals surface area contributed by atoms with Crippen LogP contribution >= 0.6 is 11.3 Å². The van der Waals surface area contributed by atoms with E-state index in [2.05, 4.69) is 15.2 Å². The Morgan fingerprint density at radius 1 is 1.07 bits per heavy atom. The van der Waals surface area contributed by atoms with E-state index >= 15 is 0 Å². The van der Waals surface area contributed by atoms with E-state index in [0.29, 0.717) is 29.5 Å². The second-order valence-electron chi connectivity index (χ2n) is 7.92. The highest BCUT2D eigenvalue weighted by Gasteiger charge is 2.33. The Kier molecular flexibility index (Phi) is 7.71. The second-order valence-corrected chi connectivity index (χ2v) is 9.13. The normalized spacial score (nSPS) is 18.6. The first-order chi connectivity index (χ1) is 13.6. The predicted octanol–water partition coefficient (Wildman–Crippen LogP) is 5.06. The fourth-order valence-corrected chi connectivity index (χ4v) is 5.32. The molecule has 0 radical (unpaired) electrons. The Morgan fingerprint density at radius 3 is 2.18 bits per heavy atom. The lowest BCUT2D eigenvalue weighted by molar-refractivity contribution is -0.142. The minimum Gasteiger partial charge on any atom is -0.466 e. The molecule has 0 spiro atoms. The van der Waals surface area contributed by atoms with Gasteiger partial charge >= 0.3 is 12.0 Å². The molecular weight excluding hydrogens is 374 g/mol. The van der Waals surface area contributed by atoms with E-state index in [9.17, 15) is 9.59 Å². The van der Waals surface area contributed by atoms with Crippen molar-refractivity contribution in [3.63, 3.8) is 0 Å². The molecule has 7 heteroatoms. The summed E-state index contributed by atoms with van der Waals surface area (Å²) in [5.74, 6) is -0.278. The highest BCUT2D eigenvalue weighted by atomic mass is 32.1. The lowest BCUT2D eigenvalue weighted by atomic mass is 9.89. The number of nitrogens with zero attached hydrogens (tertiary/aromatic N) is 2. The van der Waals surface area contributed by atoms with Crippen molar-refractivity contribution in [2.45, 2.75) is 96.6 Å². The van der Waals surface area contributed by atoms with Gasteiger partial charge in [0.15, 0.2) is 5.13 Å². The van der Waals surface area contributed by atoms with Crippen LogP contribution in [0.3, 0.4) is 0 Å². The van der Waals surface area contributed by atoms with E-state index in [-0.39, 0.29) is 18.4 Å². The molecule has 3 rings (SSSR count). The van der Waals surface area contributed by atoms with Crippen LogP contribution in [0, 0.1) is 6.92 Å². The van der Waals surface area contributed by atoms with Crippen LogP contribution in [0.15, 0.2) is 0 Å². The van der Waals surface area contributed by atoms with Crippen molar-refractivity contribution in [1.29, 1.82) is 0 Å². The molecule has 0 aromatic carbocycles. The predicted molar refractivity (Wildman–Crippen MR) is 112 cm³/mol. The first kappa shape index (κ1) is 21.1. The van der Waals surface area contributed by atoms with Gasteiger partial charge in [0.1, 0.15) is 0 Å². The average Bonchev–Trinajstić information content (AvgIpc) is 3.02. The molecule has 1 heterocycles. The van der Waals surface area contributed by atoms with Crippen LogP contribution in [-0.4, -0.2) is 40.6 Å². The number of hydrogen-bond donors (Lipinski definition) is 1. The molecule has 1 aromatic rings. The highest BCUT2D eigenvalue weighted by molar-refractivity contribution is 7.15. The van der Waals surface area contributed by atoms with E-state index in [1.54, 1.807) is 6.92 Å². The van der Waals surface area contributed by atoms with Gasteiger partial charge in [-0.25, -0.2) is 9.78 Å². The number of aryl methyl sites for hydroxylation is 1. The SMILES string of the molecule is CCOC(=O)Cc1nc(NC(=O)N(C2CCCCC2)C2CCCCC2)sc1C. The van der Waals surface area contributed by atoms with E-state index < -0.39 is 0 Å². The average molecular weight is 408 g/mol. The summed E-state index contributed by atoms with van der Waals surface area (Å²) in [6, 6.07) is 0.670. The number of anilines is 1. The van der Waals surface area contributed by atoms with Gasteiger partial charge in [0.2, 0.25) is 0 Å². The third-order valence-electron chi connectivity index (χ3n) is 5.89. The lowest BCUT2D eigenvalue weighted by Crippen LogP contribution is -2.50. The number of rotatable bonds is 6. The van der Waals surface area contributed by atoms with Crippen LogP contribution in [0.2, 0.25) is 0 Å². The van der Waals surface area contributed by atoms with Crippen LogP contribution in [0.25, 0.3) is 0 Å². The number of esters is 1. The summed E-state index contributed by atoms with van der Waals surface area (Å²) in [6.07, 6.45) is 12.0. The maximum Gasteiger partial charge on any atom is 0.324 e. The number of carbonyl (C=O) groups excluding carboxylic acids is 2. The smallest absolute Gasteiger partial charge is 0.324 e. The first-order valence-corrected chi connectivity index (χ1v) is 11.6. The summed E-state index contributed by atoms with van der Waals surface area (Å²) < 4.78 is 5.02. The summed E-state index contributed by atoms with van der Waals surface area (Å²) in [4.78, 5) is 32.6. The molecule has 1 N–H and O–H groups in total. The molecule has 0 aliphatic heterocycles. The van der Waals surface area contributed by atoms with Crippen LogP contribution in [-0.2, 0) is 16.0 Å². The summed E-state index contributed by atoms with van der Waals surface area (Å²) in [5.41, 5.74) is 0.695. The molecule has 156 valence electrons. The molecule has 1 aromatic heterocycles. The third kappa shape index (κ3) is 5.46. The van der Waals surface area contributed by atoms with Gasteiger partial charge in [0.25, 0.3) is 0 Å². The van der Waals surface area contributed by atoms with Crippen molar-refractivity contribution in [3.05, 3.63) is 10.6 Å². The molecule has 2 saturated carbocycles.